The molecule has 0 radical (unpaired) electrons. The van der Waals surface area contributed by atoms with Crippen LogP contribution in [0.2, 0.25) is 5.02 Å². The van der Waals surface area contributed by atoms with Crippen molar-refractivity contribution in [3.05, 3.63) is 29.0 Å². The first-order chi connectivity index (χ1) is 6.43. The van der Waals surface area contributed by atoms with E-state index in [9.17, 15) is 4.39 Å². The van der Waals surface area contributed by atoms with Crippen molar-refractivity contribution in [2.75, 3.05) is 11.9 Å². The largest absolute Gasteiger partial charge is 0.379 e. The van der Waals surface area contributed by atoms with Crippen LogP contribution in [0.15, 0.2) is 18.2 Å². The summed E-state index contributed by atoms with van der Waals surface area (Å²) in [6, 6.07) is 4.33. The predicted molar refractivity (Wildman–Crippen MR) is 58.2 cm³/mol. The van der Waals surface area contributed by atoms with Crippen molar-refractivity contribution in [2.45, 2.75) is 19.4 Å². The van der Waals surface area contributed by atoms with Gasteiger partial charge in [-0.2, -0.15) is 0 Å². The molecule has 0 aliphatic rings. The van der Waals surface area contributed by atoms with Crippen LogP contribution in [0.3, 0.4) is 0 Å². The Bertz CT molecular complexity index is 306. The van der Waals surface area contributed by atoms with Crippen LogP contribution in [0.4, 0.5) is 10.1 Å². The van der Waals surface area contributed by atoms with E-state index in [0.717, 1.165) is 0 Å². The van der Waals surface area contributed by atoms with Crippen molar-refractivity contribution in [2.24, 2.45) is 5.73 Å². The van der Waals surface area contributed by atoms with Crippen LogP contribution in [0.1, 0.15) is 13.8 Å². The first-order valence-electron chi connectivity index (χ1n) is 4.37. The van der Waals surface area contributed by atoms with E-state index in [2.05, 4.69) is 5.32 Å². The van der Waals surface area contributed by atoms with Crippen LogP contribution in [0.25, 0.3) is 0 Å². The zero-order chi connectivity index (χ0) is 10.8. The number of hydrogen-bond donors (Lipinski definition) is 2. The van der Waals surface area contributed by atoms with Gasteiger partial charge >= 0.3 is 0 Å². The van der Waals surface area contributed by atoms with Crippen molar-refractivity contribution < 1.29 is 4.39 Å². The van der Waals surface area contributed by atoms with Gasteiger partial charge in [0.25, 0.3) is 0 Å². The topological polar surface area (TPSA) is 38.0 Å². The van der Waals surface area contributed by atoms with Gasteiger partial charge in [0.15, 0.2) is 0 Å². The summed E-state index contributed by atoms with van der Waals surface area (Å²) in [5.74, 6) is -0.354. The van der Waals surface area contributed by atoms with E-state index < -0.39 is 0 Å². The summed E-state index contributed by atoms with van der Waals surface area (Å²) in [6.45, 7) is 4.33. The molecule has 3 N–H and O–H groups in total. The third-order valence-corrected chi connectivity index (χ3v) is 2.07. The first-order valence-corrected chi connectivity index (χ1v) is 4.75. The number of anilines is 1. The lowest BCUT2D eigenvalue weighted by Gasteiger charge is -2.25. The van der Waals surface area contributed by atoms with E-state index in [4.69, 9.17) is 17.3 Å². The fourth-order valence-electron chi connectivity index (χ4n) is 1.07. The molecule has 2 nitrogen and oxygen atoms in total. The summed E-state index contributed by atoms with van der Waals surface area (Å²) in [7, 11) is 0. The molecule has 0 atom stereocenters. The standard InChI is InChI=1S/C10H14ClFN2/c1-10(2,6-13)14-9-4-7(11)3-8(12)5-9/h3-5,14H,6,13H2,1-2H3. The molecule has 1 aromatic rings. The normalized spacial score (nSPS) is 11.5. The highest BCUT2D eigenvalue weighted by molar-refractivity contribution is 6.30. The van der Waals surface area contributed by atoms with E-state index >= 15 is 0 Å². The van der Waals surface area contributed by atoms with Crippen molar-refractivity contribution >= 4 is 17.3 Å². The summed E-state index contributed by atoms with van der Waals surface area (Å²) in [5, 5.41) is 3.48. The lowest BCUT2D eigenvalue weighted by molar-refractivity contribution is 0.578. The van der Waals surface area contributed by atoms with Crippen molar-refractivity contribution in [3.8, 4) is 0 Å². The first kappa shape index (κ1) is 11.3. The maximum Gasteiger partial charge on any atom is 0.126 e. The quantitative estimate of drug-likeness (QED) is 0.815. The van der Waals surface area contributed by atoms with Crippen LogP contribution < -0.4 is 11.1 Å². The molecule has 0 saturated heterocycles. The minimum absolute atomic E-state index is 0.267. The number of benzene rings is 1. The van der Waals surface area contributed by atoms with Crippen molar-refractivity contribution in [3.63, 3.8) is 0 Å². The summed E-state index contributed by atoms with van der Waals surface area (Å²) < 4.78 is 13.0. The van der Waals surface area contributed by atoms with E-state index in [0.29, 0.717) is 17.3 Å². The lowest BCUT2D eigenvalue weighted by Crippen LogP contribution is -2.39. The van der Waals surface area contributed by atoms with Gasteiger partial charge in [0.05, 0.1) is 0 Å². The SMILES string of the molecule is CC(C)(CN)Nc1cc(F)cc(Cl)c1. The van der Waals surface area contributed by atoms with Gasteiger partial charge in [-0.25, -0.2) is 4.39 Å². The van der Waals surface area contributed by atoms with Gasteiger partial charge in [-0.3, -0.25) is 0 Å². The van der Waals surface area contributed by atoms with E-state index in [1.165, 1.54) is 12.1 Å². The third-order valence-electron chi connectivity index (χ3n) is 1.86. The van der Waals surface area contributed by atoms with Crippen LogP contribution in [0, 0.1) is 5.82 Å². The van der Waals surface area contributed by atoms with Gasteiger partial charge in [-0.05, 0) is 32.0 Å². The number of nitrogens with one attached hydrogen (secondary N) is 1. The molecule has 4 heteroatoms. The molecule has 0 aliphatic carbocycles. The van der Waals surface area contributed by atoms with Gasteiger partial charge in [0.2, 0.25) is 0 Å². The molecule has 14 heavy (non-hydrogen) atoms. The van der Waals surface area contributed by atoms with Crippen LogP contribution in [-0.2, 0) is 0 Å². The molecule has 1 rings (SSSR count). The summed E-state index contributed by atoms with van der Waals surface area (Å²) >= 11 is 5.71. The van der Waals surface area contributed by atoms with Crippen LogP contribution >= 0.6 is 11.6 Å². The van der Waals surface area contributed by atoms with Crippen molar-refractivity contribution in [1.82, 2.24) is 0 Å². The summed E-state index contributed by atoms with van der Waals surface area (Å²) in [5.41, 5.74) is 5.92. The zero-order valence-corrected chi connectivity index (χ0v) is 9.03. The van der Waals surface area contributed by atoms with Gasteiger partial charge in [0.1, 0.15) is 5.82 Å². The molecule has 0 fully saturated rings. The Labute approximate surface area is 88.2 Å². The van der Waals surface area contributed by atoms with E-state index in [1.807, 2.05) is 13.8 Å². The molecule has 0 unspecified atom stereocenters. The number of halogens is 2. The summed E-state index contributed by atoms with van der Waals surface area (Å²) in [6.07, 6.45) is 0. The molecular formula is C10H14ClFN2. The molecule has 1 aromatic carbocycles. The second-order valence-corrected chi connectivity index (χ2v) is 4.31. The number of nitrogens with two attached hydrogens (primary N) is 1. The Kier molecular flexibility index (Phi) is 3.34. The fourth-order valence-corrected chi connectivity index (χ4v) is 1.29. The third kappa shape index (κ3) is 3.16. The Morgan fingerprint density at radius 1 is 1.43 bits per heavy atom. The highest BCUT2D eigenvalue weighted by Gasteiger charge is 2.15. The Morgan fingerprint density at radius 3 is 2.57 bits per heavy atom. The molecule has 0 aliphatic heterocycles. The second kappa shape index (κ2) is 4.15. The highest BCUT2D eigenvalue weighted by Crippen LogP contribution is 2.20. The molecule has 0 aromatic heterocycles. The minimum atomic E-state index is -0.354. The maximum absolute atomic E-state index is 13.0. The second-order valence-electron chi connectivity index (χ2n) is 3.87. The molecule has 78 valence electrons. The monoisotopic (exact) mass is 216 g/mol. The highest BCUT2D eigenvalue weighted by atomic mass is 35.5. The lowest BCUT2D eigenvalue weighted by atomic mass is 10.1. The van der Waals surface area contributed by atoms with E-state index in [1.54, 1.807) is 6.07 Å². The zero-order valence-electron chi connectivity index (χ0n) is 8.27. The van der Waals surface area contributed by atoms with Gasteiger partial charge < -0.3 is 11.1 Å². The molecule has 0 amide bonds. The fraction of sp³-hybridized carbons (Fsp3) is 0.400. The number of hydrogen-bond acceptors (Lipinski definition) is 2. The minimum Gasteiger partial charge on any atom is -0.379 e. The Balaban J connectivity index is 2.87. The molecule has 0 spiro atoms. The number of rotatable bonds is 3. The average Bonchev–Trinajstić information content (AvgIpc) is 2.01. The van der Waals surface area contributed by atoms with E-state index in [-0.39, 0.29) is 11.4 Å². The molecule has 0 bridgehead atoms. The van der Waals surface area contributed by atoms with Gasteiger partial charge in [-0.15, -0.1) is 0 Å². The predicted octanol–water partition coefficient (Wildman–Crippen LogP) is 2.63. The van der Waals surface area contributed by atoms with Crippen LogP contribution in [-0.4, -0.2) is 12.1 Å². The Hall–Kier alpha value is -0.800. The van der Waals surface area contributed by atoms with Gasteiger partial charge in [0, 0.05) is 22.8 Å². The maximum atomic E-state index is 13.0. The molecule has 0 saturated carbocycles. The summed E-state index contributed by atoms with van der Waals surface area (Å²) in [4.78, 5) is 0. The van der Waals surface area contributed by atoms with Crippen molar-refractivity contribution in [1.29, 1.82) is 0 Å². The van der Waals surface area contributed by atoms with Crippen LogP contribution in [0.5, 0.6) is 0 Å². The Morgan fingerprint density at radius 2 is 2.07 bits per heavy atom. The molecule has 0 heterocycles. The van der Waals surface area contributed by atoms with Gasteiger partial charge in [-0.1, -0.05) is 11.6 Å². The molecular weight excluding hydrogens is 203 g/mol. The smallest absolute Gasteiger partial charge is 0.126 e. The average molecular weight is 217 g/mol.